The van der Waals surface area contributed by atoms with Gasteiger partial charge >= 0.3 is 5.97 Å². The van der Waals surface area contributed by atoms with Gasteiger partial charge in [-0.05, 0) is 59.2 Å². The van der Waals surface area contributed by atoms with Crippen LogP contribution in [-0.2, 0) is 21.1 Å². The van der Waals surface area contributed by atoms with Gasteiger partial charge in [0.05, 0.1) is 23.3 Å². The summed E-state index contributed by atoms with van der Waals surface area (Å²) in [5.41, 5.74) is 1.84. The van der Waals surface area contributed by atoms with Crippen LogP contribution in [0.2, 0.25) is 5.02 Å². The zero-order valence-corrected chi connectivity index (χ0v) is 16.5. The van der Waals surface area contributed by atoms with Crippen LogP contribution >= 0.6 is 11.6 Å². The van der Waals surface area contributed by atoms with Gasteiger partial charge in [0.1, 0.15) is 5.75 Å². The van der Waals surface area contributed by atoms with Crippen LogP contribution in [0, 0.1) is 0 Å². The van der Waals surface area contributed by atoms with Gasteiger partial charge in [0, 0.05) is 5.02 Å². The molecule has 0 atom stereocenters. The first-order chi connectivity index (χ1) is 13.3. The molecule has 3 aromatic carbocycles. The Morgan fingerprint density at radius 1 is 0.964 bits per heavy atom. The molecule has 0 spiro atoms. The number of carboxylic acids is 1. The van der Waals surface area contributed by atoms with E-state index >= 15 is 0 Å². The van der Waals surface area contributed by atoms with Crippen LogP contribution < -0.4 is 4.74 Å². The first kappa shape index (κ1) is 19.9. The molecule has 0 saturated carbocycles. The number of carbonyl (C=O) groups is 1. The SMILES string of the molecule is COc1cc(CC(=O)O)cc(S(=O)(=O)c2cccc(-c3cccc(Cl)c3)c2)c1. The molecule has 0 radical (unpaired) electrons. The second-order valence-corrected chi connectivity index (χ2v) is 8.52. The molecule has 0 unspecified atom stereocenters. The summed E-state index contributed by atoms with van der Waals surface area (Å²) >= 11 is 6.03. The highest BCUT2D eigenvalue weighted by molar-refractivity contribution is 7.91. The van der Waals surface area contributed by atoms with E-state index in [0.29, 0.717) is 16.1 Å². The maximum absolute atomic E-state index is 13.2. The number of hydrogen-bond acceptors (Lipinski definition) is 4. The van der Waals surface area contributed by atoms with Crippen molar-refractivity contribution >= 4 is 27.4 Å². The van der Waals surface area contributed by atoms with E-state index in [1.165, 1.54) is 31.4 Å². The molecule has 0 amide bonds. The van der Waals surface area contributed by atoms with Crippen molar-refractivity contribution in [1.82, 2.24) is 0 Å². The van der Waals surface area contributed by atoms with Crippen molar-refractivity contribution in [3.63, 3.8) is 0 Å². The Hall–Kier alpha value is -2.83. The number of carboxylic acid groups (broad SMARTS) is 1. The maximum atomic E-state index is 13.2. The Bertz CT molecular complexity index is 1140. The average molecular weight is 417 g/mol. The largest absolute Gasteiger partial charge is 0.497 e. The Morgan fingerprint density at radius 2 is 1.64 bits per heavy atom. The molecule has 3 rings (SSSR count). The summed E-state index contributed by atoms with van der Waals surface area (Å²) in [6, 6.07) is 17.9. The normalized spacial score (nSPS) is 11.2. The summed E-state index contributed by atoms with van der Waals surface area (Å²) in [6.45, 7) is 0. The van der Waals surface area contributed by atoms with E-state index < -0.39 is 15.8 Å². The minimum atomic E-state index is -3.88. The van der Waals surface area contributed by atoms with Gasteiger partial charge in [0.15, 0.2) is 0 Å². The van der Waals surface area contributed by atoms with E-state index in [2.05, 4.69) is 0 Å². The first-order valence-electron chi connectivity index (χ1n) is 8.30. The van der Waals surface area contributed by atoms with Gasteiger partial charge in [0.25, 0.3) is 0 Å². The third-order valence-electron chi connectivity index (χ3n) is 4.14. The quantitative estimate of drug-likeness (QED) is 0.641. The van der Waals surface area contributed by atoms with E-state index in [1.807, 2.05) is 6.07 Å². The Morgan fingerprint density at radius 3 is 2.29 bits per heavy atom. The van der Waals surface area contributed by atoms with E-state index in [-0.39, 0.29) is 22.0 Å². The summed E-state index contributed by atoms with van der Waals surface area (Å²) < 4.78 is 31.5. The maximum Gasteiger partial charge on any atom is 0.307 e. The number of methoxy groups -OCH3 is 1. The zero-order valence-electron chi connectivity index (χ0n) is 14.9. The van der Waals surface area contributed by atoms with Crippen molar-refractivity contribution in [2.24, 2.45) is 0 Å². The van der Waals surface area contributed by atoms with E-state index in [9.17, 15) is 13.2 Å². The zero-order chi connectivity index (χ0) is 20.3. The molecule has 144 valence electrons. The molecule has 7 heteroatoms. The van der Waals surface area contributed by atoms with Gasteiger partial charge < -0.3 is 9.84 Å². The molecular formula is C21H17ClO5S. The van der Waals surface area contributed by atoms with Crippen molar-refractivity contribution in [2.45, 2.75) is 16.2 Å². The van der Waals surface area contributed by atoms with Crippen molar-refractivity contribution in [1.29, 1.82) is 0 Å². The molecule has 1 N–H and O–H groups in total. The molecule has 0 fully saturated rings. The van der Waals surface area contributed by atoms with Gasteiger partial charge in [-0.25, -0.2) is 8.42 Å². The fourth-order valence-corrected chi connectivity index (χ4v) is 4.41. The molecular weight excluding hydrogens is 400 g/mol. The second kappa shape index (κ2) is 8.04. The number of ether oxygens (including phenoxy) is 1. The molecule has 28 heavy (non-hydrogen) atoms. The summed E-state index contributed by atoms with van der Waals surface area (Å²) in [6.07, 6.45) is -0.303. The molecule has 0 aliphatic carbocycles. The molecule has 0 bridgehead atoms. The third-order valence-corrected chi connectivity index (χ3v) is 6.11. The lowest BCUT2D eigenvalue weighted by Gasteiger charge is -2.11. The molecule has 0 heterocycles. The number of hydrogen-bond donors (Lipinski definition) is 1. The van der Waals surface area contributed by atoms with Crippen LogP contribution in [-0.4, -0.2) is 26.6 Å². The summed E-state index contributed by atoms with van der Waals surface area (Å²) in [5, 5.41) is 9.58. The molecule has 5 nitrogen and oxygen atoms in total. The summed E-state index contributed by atoms with van der Waals surface area (Å²) in [4.78, 5) is 11.1. The molecule has 0 aliphatic heterocycles. The average Bonchev–Trinajstić information content (AvgIpc) is 2.67. The minimum Gasteiger partial charge on any atom is -0.497 e. The van der Waals surface area contributed by atoms with Crippen LogP contribution in [0.15, 0.2) is 76.5 Å². The molecule has 0 saturated heterocycles. The molecule has 0 aromatic heterocycles. The van der Waals surface area contributed by atoms with Gasteiger partial charge in [-0.15, -0.1) is 0 Å². The van der Waals surface area contributed by atoms with Gasteiger partial charge in [0.2, 0.25) is 9.84 Å². The lowest BCUT2D eigenvalue weighted by molar-refractivity contribution is -0.136. The van der Waals surface area contributed by atoms with E-state index in [0.717, 1.165) is 5.56 Å². The summed E-state index contributed by atoms with van der Waals surface area (Å²) in [7, 11) is -2.48. The fraction of sp³-hybridized carbons (Fsp3) is 0.0952. The van der Waals surface area contributed by atoms with Crippen LogP contribution in [0.5, 0.6) is 5.75 Å². The Labute approximate surface area is 168 Å². The van der Waals surface area contributed by atoms with Crippen molar-refractivity contribution in [3.8, 4) is 16.9 Å². The number of aliphatic carboxylic acids is 1. The fourth-order valence-electron chi connectivity index (χ4n) is 2.83. The lowest BCUT2D eigenvalue weighted by Crippen LogP contribution is -2.06. The van der Waals surface area contributed by atoms with Crippen molar-refractivity contribution in [3.05, 3.63) is 77.3 Å². The van der Waals surface area contributed by atoms with Crippen molar-refractivity contribution < 1.29 is 23.1 Å². The lowest BCUT2D eigenvalue weighted by atomic mass is 10.1. The van der Waals surface area contributed by atoms with E-state index in [1.54, 1.807) is 36.4 Å². The Balaban J connectivity index is 2.08. The van der Waals surface area contributed by atoms with Crippen LogP contribution in [0.4, 0.5) is 0 Å². The number of benzene rings is 3. The second-order valence-electron chi connectivity index (χ2n) is 6.13. The van der Waals surface area contributed by atoms with Crippen LogP contribution in [0.1, 0.15) is 5.56 Å². The number of halogens is 1. The van der Waals surface area contributed by atoms with Crippen LogP contribution in [0.25, 0.3) is 11.1 Å². The summed E-state index contributed by atoms with van der Waals surface area (Å²) in [5.74, 6) is -0.775. The topological polar surface area (TPSA) is 80.7 Å². The highest BCUT2D eigenvalue weighted by Gasteiger charge is 2.20. The Kier molecular flexibility index (Phi) is 5.72. The van der Waals surface area contributed by atoms with Gasteiger partial charge in [-0.3, -0.25) is 4.79 Å². The van der Waals surface area contributed by atoms with Crippen LogP contribution in [0.3, 0.4) is 0 Å². The molecule has 3 aromatic rings. The predicted molar refractivity (Wildman–Crippen MR) is 107 cm³/mol. The van der Waals surface area contributed by atoms with Crippen molar-refractivity contribution in [2.75, 3.05) is 7.11 Å². The first-order valence-corrected chi connectivity index (χ1v) is 10.2. The number of rotatable bonds is 6. The highest BCUT2D eigenvalue weighted by Crippen LogP contribution is 2.30. The molecule has 0 aliphatic rings. The third kappa shape index (κ3) is 4.35. The number of sulfone groups is 1. The van der Waals surface area contributed by atoms with E-state index in [4.69, 9.17) is 21.4 Å². The highest BCUT2D eigenvalue weighted by atomic mass is 35.5. The smallest absolute Gasteiger partial charge is 0.307 e. The van der Waals surface area contributed by atoms with Gasteiger partial charge in [-0.1, -0.05) is 35.9 Å². The predicted octanol–water partition coefficient (Wildman–Crippen LogP) is 4.48. The monoisotopic (exact) mass is 416 g/mol. The minimum absolute atomic E-state index is 0.0219. The van der Waals surface area contributed by atoms with Gasteiger partial charge in [-0.2, -0.15) is 0 Å². The standard InChI is InChI=1S/C21H17ClO5S/c1-27-18-8-14(10-21(23)24)9-20(13-18)28(25,26)19-7-3-5-16(12-19)15-4-2-6-17(22)11-15/h2-9,11-13H,10H2,1H3,(H,23,24).